The fraction of sp³-hybridized carbons (Fsp3) is 0.474. The average Bonchev–Trinajstić information content (AvgIpc) is 2.34. The van der Waals surface area contributed by atoms with Gasteiger partial charge in [0.2, 0.25) is 0 Å². The van der Waals surface area contributed by atoms with Crippen LogP contribution in [0.1, 0.15) is 57.1 Å². The molecule has 4 heteroatoms. The lowest BCUT2D eigenvalue weighted by Gasteiger charge is -2.33. The lowest BCUT2D eigenvalue weighted by molar-refractivity contribution is 0.0893. The predicted octanol–water partition coefficient (Wildman–Crippen LogP) is 4.63. The summed E-state index contributed by atoms with van der Waals surface area (Å²) in [6.07, 6.45) is 0.835. The van der Waals surface area contributed by atoms with E-state index < -0.39 is 0 Å². The van der Waals surface area contributed by atoms with Crippen molar-refractivity contribution >= 4 is 16.8 Å². The zero-order valence-corrected chi connectivity index (χ0v) is 14.7. The molecule has 0 bridgehead atoms. The largest absolute Gasteiger partial charge is 0.347 e. The first kappa shape index (κ1) is 17.4. The van der Waals surface area contributed by atoms with Crippen LogP contribution >= 0.6 is 0 Å². The Labute approximate surface area is 137 Å². The van der Waals surface area contributed by atoms with Crippen molar-refractivity contribution in [2.45, 2.75) is 53.5 Å². The molecule has 0 atom stereocenters. The van der Waals surface area contributed by atoms with Crippen molar-refractivity contribution in [1.29, 1.82) is 0 Å². The summed E-state index contributed by atoms with van der Waals surface area (Å²) in [6, 6.07) is 6.05. The molecule has 1 aromatic heterocycles. The number of hydrogen-bond acceptors (Lipinski definition) is 2. The van der Waals surface area contributed by atoms with Gasteiger partial charge in [0.1, 0.15) is 5.82 Å². The highest BCUT2D eigenvalue weighted by molar-refractivity contribution is 6.06. The van der Waals surface area contributed by atoms with Crippen LogP contribution in [0, 0.1) is 18.2 Å². The minimum Gasteiger partial charge on any atom is -0.347 e. The number of carbonyl (C=O) groups is 1. The monoisotopic (exact) mass is 316 g/mol. The second-order valence-electron chi connectivity index (χ2n) is 8.05. The van der Waals surface area contributed by atoms with Crippen molar-refractivity contribution in [2.24, 2.45) is 5.41 Å². The molecular weight excluding hydrogens is 291 g/mol. The summed E-state index contributed by atoms with van der Waals surface area (Å²) in [7, 11) is 0. The maximum absolute atomic E-state index is 13.6. The van der Waals surface area contributed by atoms with Gasteiger partial charge in [-0.2, -0.15) is 0 Å². The van der Waals surface area contributed by atoms with Crippen molar-refractivity contribution in [2.75, 3.05) is 0 Å². The van der Waals surface area contributed by atoms with Crippen LogP contribution in [0.25, 0.3) is 10.9 Å². The first-order valence-corrected chi connectivity index (χ1v) is 7.86. The van der Waals surface area contributed by atoms with Crippen LogP contribution in [0.5, 0.6) is 0 Å². The summed E-state index contributed by atoms with van der Waals surface area (Å²) < 4.78 is 13.6. The Morgan fingerprint density at radius 1 is 1.17 bits per heavy atom. The molecule has 2 rings (SSSR count). The molecule has 0 saturated heterocycles. The first-order valence-electron chi connectivity index (χ1n) is 7.86. The van der Waals surface area contributed by atoms with E-state index in [1.54, 1.807) is 12.1 Å². The van der Waals surface area contributed by atoms with E-state index in [4.69, 9.17) is 0 Å². The van der Waals surface area contributed by atoms with Gasteiger partial charge < -0.3 is 5.32 Å². The molecule has 23 heavy (non-hydrogen) atoms. The maximum Gasteiger partial charge on any atom is 0.252 e. The summed E-state index contributed by atoms with van der Waals surface area (Å²) in [6.45, 7) is 12.3. The number of aromatic nitrogens is 1. The van der Waals surface area contributed by atoms with Crippen molar-refractivity contribution < 1.29 is 9.18 Å². The fourth-order valence-corrected chi connectivity index (χ4v) is 3.26. The molecule has 0 spiro atoms. The van der Waals surface area contributed by atoms with Gasteiger partial charge in [0.25, 0.3) is 5.91 Å². The number of pyridine rings is 1. The molecule has 124 valence electrons. The minimum absolute atomic E-state index is 0.0963. The molecule has 0 fully saturated rings. The third-order valence-electron chi connectivity index (χ3n) is 3.57. The highest BCUT2D eigenvalue weighted by Crippen LogP contribution is 2.28. The number of carbonyl (C=O) groups excluding carboxylic acids is 1. The number of amides is 1. The third-order valence-corrected chi connectivity index (χ3v) is 3.57. The topological polar surface area (TPSA) is 42.0 Å². The second kappa shape index (κ2) is 5.91. The molecule has 1 amide bonds. The Morgan fingerprint density at radius 2 is 1.83 bits per heavy atom. The lowest BCUT2D eigenvalue weighted by atomic mass is 9.81. The number of benzene rings is 1. The molecule has 1 N–H and O–H groups in total. The second-order valence-corrected chi connectivity index (χ2v) is 8.05. The Kier molecular flexibility index (Phi) is 4.47. The lowest BCUT2D eigenvalue weighted by Crippen LogP contribution is -2.45. The van der Waals surface area contributed by atoms with Crippen LogP contribution in [-0.2, 0) is 0 Å². The highest BCUT2D eigenvalue weighted by atomic mass is 19.1. The molecule has 0 radical (unpaired) electrons. The van der Waals surface area contributed by atoms with Crippen LogP contribution in [0.2, 0.25) is 0 Å². The van der Waals surface area contributed by atoms with Crippen molar-refractivity contribution in [3.8, 4) is 0 Å². The van der Waals surface area contributed by atoms with Gasteiger partial charge >= 0.3 is 0 Å². The minimum atomic E-state index is -0.369. The van der Waals surface area contributed by atoms with Gasteiger partial charge in [-0.25, -0.2) is 4.39 Å². The molecule has 0 aliphatic rings. The third kappa shape index (κ3) is 4.50. The van der Waals surface area contributed by atoms with E-state index in [1.807, 2.05) is 20.8 Å². The fourth-order valence-electron chi connectivity index (χ4n) is 3.26. The van der Waals surface area contributed by atoms with Gasteiger partial charge in [-0.15, -0.1) is 0 Å². The predicted molar refractivity (Wildman–Crippen MR) is 92.1 cm³/mol. The van der Waals surface area contributed by atoms with Gasteiger partial charge in [0, 0.05) is 16.6 Å². The molecule has 0 saturated carbocycles. The van der Waals surface area contributed by atoms with E-state index in [9.17, 15) is 9.18 Å². The highest BCUT2D eigenvalue weighted by Gasteiger charge is 2.28. The molecule has 1 aromatic carbocycles. The number of fused-ring (bicyclic) bond motifs is 1. The van der Waals surface area contributed by atoms with E-state index in [2.05, 4.69) is 31.1 Å². The average molecular weight is 316 g/mol. The number of nitrogens with zero attached hydrogens (tertiary/aromatic N) is 1. The Balaban J connectivity index is 2.39. The molecule has 0 aliphatic carbocycles. The van der Waals surface area contributed by atoms with Gasteiger partial charge in [0.05, 0.1) is 11.1 Å². The van der Waals surface area contributed by atoms with Crippen LogP contribution in [0.4, 0.5) is 4.39 Å². The van der Waals surface area contributed by atoms with Gasteiger partial charge in [0.15, 0.2) is 0 Å². The van der Waals surface area contributed by atoms with E-state index >= 15 is 0 Å². The quantitative estimate of drug-likeness (QED) is 0.897. The Hall–Kier alpha value is -1.97. The number of halogens is 1. The van der Waals surface area contributed by atoms with E-state index in [0.29, 0.717) is 16.5 Å². The van der Waals surface area contributed by atoms with E-state index in [0.717, 1.165) is 12.1 Å². The van der Waals surface area contributed by atoms with Gasteiger partial charge in [-0.05, 0) is 56.9 Å². The normalized spacial score (nSPS) is 12.5. The number of rotatable bonds is 3. The summed E-state index contributed by atoms with van der Waals surface area (Å²) >= 11 is 0. The Morgan fingerprint density at radius 3 is 2.43 bits per heavy atom. The van der Waals surface area contributed by atoms with E-state index in [-0.39, 0.29) is 22.7 Å². The molecule has 0 aliphatic heterocycles. The summed E-state index contributed by atoms with van der Waals surface area (Å²) in [4.78, 5) is 17.1. The van der Waals surface area contributed by atoms with Gasteiger partial charge in [-0.3, -0.25) is 9.78 Å². The molecular formula is C19H25FN2O. The summed E-state index contributed by atoms with van der Waals surface area (Å²) in [5, 5.41) is 3.62. The number of nitrogens with one attached hydrogen (secondary N) is 1. The smallest absolute Gasteiger partial charge is 0.252 e. The van der Waals surface area contributed by atoms with Crippen molar-refractivity contribution in [3.05, 3.63) is 41.3 Å². The molecule has 3 nitrogen and oxygen atoms in total. The zero-order chi connectivity index (χ0) is 17.4. The van der Waals surface area contributed by atoms with Crippen LogP contribution in [0.15, 0.2) is 24.3 Å². The van der Waals surface area contributed by atoms with Crippen LogP contribution in [-0.4, -0.2) is 16.4 Å². The summed E-state index contributed by atoms with van der Waals surface area (Å²) in [5.41, 5.74) is 1.58. The number of hydrogen-bond donors (Lipinski definition) is 1. The standard InChI is InChI=1S/C19H25FN2O/c1-12-9-15(14-10-13(20)7-8-16(14)21-12)17(23)22-19(5,6)11-18(2,3)4/h7-10H,11H2,1-6H3,(H,22,23). The first-order chi connectivity index (χ1) is 10.5. The van der Waals surface area contributed by atoms with Crippen LogP contribution in [0.3, 0.4) is 0 Å². The van der Waals surface area contributed by atoms with Gasteiger partial charge in [-0.1, -0.05) is 20.8 Å². The number of aryl methyl sites for hydroxylation is 1. The van der Waals surface area contributed by atoms with Crippen molar-refractivity contribution in [1.82, 2.24) is 10.3 Å². The van der Waals surface area contributed by atoms with E-state index in [1.165, 1.54) is 12.1 Å². The maximum atomic E-state index is 13.6. The zero-order valence-electron chi connectivity index (χ0n) is 14.7. The Bertz CT molecular complexity index is 745. The molecule has 0 unspecified atom stereocenters. The van der Waals surface area contributed by atoms with Crippen molar-refractivity contribution in [3.63, 3.8) is 0 Å². The SMILES string of the molecule is Cc1cc(C(=O)NC(C)(C)CC(C)(C)C)c2cc(F)ccc2n1. The molecule has 1 heterocycles. The summed E-state index contributed by atoms with van der Waals surface area (Å²) in [5.74, 6) is -0.563. The van der Waals surface area contributed by atoms with Crippen LogP contribution < -0.4 is 5.32 Å². The molecule has 2 aromatic rings.